The average molecular weight is 278 g/mol. The van der Waals surface area contributed by atoms with Crippen molar-refractivity contribution in [1.29, 1.82) is 0 Å². The zero-order valence-corrected chi connectivity index (χ0v) is 12.4. The maximum absolute atomic E-state index is 11.6. The predicted octanol–water partition coefficient (Wildman–Crippen LogP) is 2.22. The number of thioether (sulfide) groups is 1. The zero-order chi connectivity index (χ0) is 13.9. The van der Waals surface area contributed by atoms with Gasteiger partial charge in [-0.15, -0.1) is 0 Å². The van der Waals surface area contributed by atoms with E-state index in [-0.39, 0.29) is 5.91 Å². The number of carbonyl (C=O) groups excluding carboxylic acids is 1. The molecule has 1 aliphatic rings. The van der Waals surface area contributed by atoms with Crippen LogP contribution < -0.4 is 11.1 Å². The summed E-state index contributed by atoms with van der Waals surface area (Å²) in [5.41, 5.74) is 7.51. The van der Waals surface area contributed by atoms with Gasteiger partial charge in [-0.3, -0.25) is 4.79 Å². The lowest BCUT2D eigenvalue weighted by atomic mass is 10.1. The van der Waals surface area contributed by atoms with Crippen LogP contribution in [0.1, 0.15) is 30.9 Å². The van der Waals surface area contributed by atoms with Crippen molar-refractivity contribution >= 4 is 17.7 Å². The van der Waals surface area contributed by atoms with E-state index < -0.39 is 5.54 Å². The van der Waals surface area contributed by atoms with Gasteiger partial charge in [0.05, 0.1) is 0 Å². The van der Waals surface area contributed by atoms with Gasteiger partial charge >= 0.3 is 0 Å². The highest BCUT2D eigenvalue weighted by molar-refractivity contribution is 7.98. The standard InChI is InChI=1S/C15H22N2OS/c1-11-4-3-5-12(8-11)9-19-10-15(2,14(16)18)17-13-6-7-13/h3-5,8,13,17H,6-7,9-10H2,1-2H3,(H2,16,18). The lowest BCUT2D eigenvalue weighted by Gasteiger charge is -2.27. The summed E-state index contributed by atoms with van der Waals surface area (Å²) in [5, 5.41) is 3.37. The Morgan fingerprint density at radius 3 is 2.84 bits per heavy atom. The third kappa shape index (κ3) is 4.25. The summed E-state index contributed by atoms with van der Waals surface area (Å²) in [6.45, 7) is 4.01. The number of hydrogen-bond acceptors (Lipinski definition) is 3. The lowest BCUT2D eigenvalue weighted by molar-refractivity contribution is -0.123. The smallest absolute Gasteiger partial charge is 0.238 e. The molecule has 1 unspecified atom stereocenters. The van der Waals surface area contributed by atoms with Crippen LogP contribution in [-0.4, -0.2) is 23.2 Å². The third-order valence-electron chi connectivity index (χ3n) is 3.39. The number of aryl methyl sites for hydroxylation is 1. The number of nitrogens with one attached hydrogen (secondary N) is 1. The summed E-state index contributed by atoms with van der Waals surface area (Å²) >= 11 is 1.76. The van der Waals surface area contributed by atoms with Crippen LogP contribution in [0.4, 0.5) is 0 Å². The Hall–Kier alpha value is -1.00. The number of primary amides is 1. The second-order valence-electron chi connectivity index (χ2n) is 5.60. The summed E-state index contributed by atoms with van der Waals surface area (Å²) in [4.78, 5) is 11.6. The Labute approximate surface area is 119 Å². The third-order valence-corrected chi connectivity index (χ3v) is 4.70. The molecule has 1 fully saturated rings. The molecule has 3 N–H and O–H groups in total. The largest absolute Gasteiger partial charge is 0.368 e. The molecule has 0 aliphatic heterocycles. The van der Waals surface area contributed by atoms with E-state index in [0.29, 0.717) is 11.8 Å². The molecule has 4 heteroatoms. The number of benzene rings is 1. The van der Waals surface area contributed by atoms with Gasteiger partial charge in [0.15, 0.2) is 0 Å². The fourth-order valence-electron chi connectivity index (χ4n) is 2.04. The summed E-state index contributed by atoms with van der Waals surface area (Å²) in [6.07, 6.45) is 2.32. The summed E-state index contributed by atoms with van der Waals surface area (Å²) < 4.78 is 0. The normalized spacial score (nSPS) is 18.0. The van der Waals surface area contributed by atoms with Gasteiger partial charge in [0.25, 0.3) is 0 Å². The number of amides is 1. The van der Waals surface area contributed by atoms with Crippen LogP contribution in [0.15, 0.2) is 24.3 Å². The number of rotatable bonds is 7. The minimum Gasteiger partial charge on any atom is -0.368 e. The molecule has 3 nitrogen and oxygen atoms in total. The van der Waals surface area contributed by atoms with E-state index in [9.17, 15) is 4.79 Å². The van der Waals surface area contributed by atoms with Gasteiger partial charge in [-0.25, -0.2) is 0 Å². The minimum absolute atomic E-state index is 0.254. The van der Waals surface area contributed by atoms with Gasteiger partial charge in [-0.2, -0.15) is 11.8 Å². The van der Waals surface area contributed by atoms with Gasteiger partial charge in [0.2, 0.25) is 5.91 Å². The van der Waals surface area contributed by atoms with E-state index in [1.54, 1.807) is 11.8 Å². The molecule has 0 saturated heterocycles. The van der Waals surface area contributed by atoms with Crippen LogP contribution in [0.5, 0.6) is 0 Å². The Bertz CT molecular complexity index is 459. The van der Waals surface area contributed by atoms with Crippen molar-refractivity contribution in [2.24, 2.45) is 5.73 Å². The molecule has 1 aliphatic carbocycles. The fourth-order valence-corrected chi connectivity index (χ4v) is 3.19. The Balaban J connectivity index is 1.86. The molecule has 0 aromatic heterocycles. The molecular weight excluding hydrogens is 256 g/mol. The molecule has 1 aromatic carbocycles. The van der Waals surface area contributed by atoms with Gasteiger partial charge in [-0.05, 0) is 32.3 Å². The molecule has 1 amide bonds. The first kappa shape index (κ1) is 14.4. The Morgan fingerprint density at radius 1 is 1.53 bits per heavy atom. The second kappa shape index (κ2) is 5.97. The predicted molar refractivity (Wildman–Crippen MR) is 81.1 cm³/mol. The highest BCUT2D eigenvalue weighted by Crippen LogP contribution is 2.25. The molecule has 19 heavy (non-hydrogen) atoms. The van der Waals surface area contributed by atoms with E-state index in [2.05, 4.69) is 36.5 Å². The topological polar surface area (TPSA) is 55.1 Å². The average Bonchev–Trinajstić information content (AvgIpc) is 3.12. The van der Waals surface area contributed by atoms with Crippen molar-refractivity contribution in [2.45, 2.75) is 44.0 Å². The van der Waals surface area contributed by atoms with Crippen molar-refractivity contribution in [3.63, 3.8) is 0 Å². The second-order valence-corrected chi connectivity index (χ2v) is 6.58. The molecule has 0 bridgehead atoms. The van der Waals surface area contributed by atoms with Crippen molar-refractivity contribution < 1.29 is 4.79 Å². The highest BCUT2D eigenvalue weighted by Gasteiger charge is 2.36. The number of nitrogens with two attached hydrogens (primary N) is 1. The fraction of sp³-hybridized carbons (Fsp3) is 0.533. The number of carbonyl (C=O) groups is 1. The summed E-state index contributed by atoms with van der Waals surface area (Å²) in [7, 11) is 0. The molecule has 0 heterocycles. The van der Waals surface area contributed by atoms with Crippen molar-refractivity contribution in [1.82, 2.24) is 5.32 Å². The summed E-state index contributed by atoms with van der Waals surface area (Å²) in [6, 6.07) is 8.95. The molecular formula is C15H22N2OS. The van der Waals surface area contributed by atoms with Crippen molar-refractivity contribution in [3.8, 4) is 0 Å². The van der Waals surface area contributed by atoms with E-state index in [1.807, 2.05) is 6.92 Å². The summed E-state index contributed by atoms with van der Waals surface area (Å²) in [5.74, 6) is 1.38. The molecule has 1 atom stereocenters. The molecule has 104 valence electrons. The maximum Gasteiger partial charge on any atom is 0.238 e. The Kier molecular flexibility index (Phi) is 4.53. The molecule has 0 radical (unpaired) electrons. The molecule has 2 rings (SSSR count). The van der Waals surface area contributed by atoms with Crippen molar-refractivity contribution in [3.05, 3.63) is 35.4 Å². The molecule has 1 aromatic rings. The van der Waals surface area contributed by atoms with E-state index in [0.717, 1.165) is 18.6 Å². The van der Waals surface area contributed by atoms with Gasteiger partial charge < -0.3 is 11.1 Å². The first-order valence-electron chi connectivity index (χ1n) is 6.70. The Morgan fingerprint density at radius 2 is 2.26 bits per heavy atom. The lowest BCUT2D eigenvalue weighted by Crippen LogP contribution is -2.56. The van der Waals surface area contributed by atoms with Crippen LogP contribution in [0.25, 0.3) is 0 Å². The van der Waals surface area contributed by atoms with E-state index >= 15 is 0 Å². The van der Waals surface area contributed by atoms with Crippen molar-refractivity contribution in [2.75, 3.05) is 5.75 Å². The van der Waals surface area contributed by atoms with Crippen LogP contribution in [-0.2, 0) is 10.5 Å². The maximum atomic E-state index is 11.6. The minimum atomic E-state index is -0.588. The zero-order valence-electron chi connectivity index (χ0n) is 11.6. The van der Waals surface area contributed by atoms with Crippen LogP contribution >= 0.6 is 11.8 Å². The molecule has 1 saturated carbocycles. The van der Waals surface area contributed by atoms with Gasteiger partial charge in [-0.1, -0.05) is 29.8 Å². The van der Waals surface area contributed by atoms with Gasteiger partial charge in [0.1, 0.15) is 5.54 Å². The van der Waals surface area contributed by atoms with Gasteiger partial charge in [0, 0.05) is 17.5 Å². The SMILES string of the molecule is Cc1cccc(CSCC(C)(NC2CC2)C(N)=O)c1. The highest BCUT2D eigenvalue weighted by atomic mass is 32.2. The van der Waals surface area contributed by atoms with E-state index in [1.165, 1.54) is 11.1 Å². The molecule has 0 spiro atoms. The monoisotopic (exact) mass is 278 g/mol. The van der Waals surface area contributed by atoms with E-state index in [4.69, 9.17) is 5.73 Å². The first-order valence-corrected chi connectivity index (χ1v) is 7.86. The van der Waals surface area contributed by atoms with Crippen LogP contribution in [0.3, 0.4) is 0 Å². The number of hydrogen-bond donors (Lipinski definition) is 2. The first-order chi connectivity index (χ1) is 8.99. The van der Waals surface area contributed by atoms with Crippen LogP contribution in [0.2, 0.25) is 0 Å². The van der Waals surface area contributed by atoms with Crippen LogP contribution in [0, 0.1) is 6.92 Å². The quantitative estimate of drug-likeness (QED) is 0.804.